The molecule has 1 aliphatic rings. The lowest BCUT2D eigenvalue weighted by molar-refractivity contribution is -0.123. The van der Waals surface area contributed by atoms with Gasteiger partial charge >= 0.3 is 0 Å². The van der Waals surface area contributed by atoms with Crippen LogP contribution in [0.5, 0.6) is 5.75 Å². The Kier molecular flexibility index (Phi) is 7.13. The summed E-state index contributed by atoms with van der Waals surface area (Å²) in [4.78, 5) is 20.2. The second-order valence-electron chi connectivity index (χ2n) is 9.39. The molecule has 5 heteroatoms. The number of rotatable bonds is 8. The lowest BCUT2D eigenvalue weighted by atomic mass is 9.87. The van der Waals surface area contributed by atoms with Gasteiger partial charge in [-0.05, 0) is 61.1 Å². The number of hydrogen-bond donors (Lipinski definition) is 2. The van der Waals surface area contributed by atoms with Gasteiger partial charge in [-0.15, -0.1) is 0 Å². The van der Waals surface area contributed by atoms with Crippen molar-refractivity contribution in [3.05, 3.63) is 47.8 Å². The molecule has 0 atom stereocenters. The number of benzene rings is 1. The first-order valence-corrected chi connectivity index (χ1v) is 12.0. The summed E-state index contributed by atoms with van der Waals surface area (Å²) >= 11 is 0. The molecule has 1 fully saturated rings. The third kappa shape index (κ3) is 5.32. The molecule has 170 valence electrons. The minimum absolute atomic E-state index is 0.0491. The SMILES string of the molecule is Cc1cc(-c2[nH]c3ccc(OCC(=O)NCCC4CCCCC4)cc3c2C(C)C)ccn1. The smallest absolute Gasteiger partial charge is 0.257 e. The van der Waals surface area contributed by atoms with Crippen molar-refractivity contribution in [3.63, 3.8) is 0 Å². The fourth-order valence-electron chi connectivity index (χ4n) is 4.90. The number of ether oxygens (including phenoxy) is 1. The predicted octanol–water partition coefficient (Wildman–Crippen LogP) is 6.13. The van der Waals surface area contributed by atoms with Gasteiger partial charge in [-0.1, -0.05) is 46.0 Å². The molecular formula is C27H35N3O2. The average Bonchev–Trinajstić information content (AvgIpc) is 3.17. The quantitative estimate of drug-likeness (QED) is 0.449. The number of carbonyl (C=O) groups excluding carboxylic acids is 1. The van der Waals surface area contributed by atoms with E-state index in [2.05, 4.69) is 35.2 Å². The fraction of sp³-hybridized carbons (Fsp3) is 0.481. The van der Waals surface area contributed by atoms with Crippen LogP contribution in [0.1, 0.15) is 69.5 Å². The number of fused-ring (bicyclic) bond motifs is 1. The van der Waals surface area contributed by atoms with Crippen molar-refractivity contribution in [1.82, 2.24) is 15.3 Å². The number of aromatic nitrogens is 2. The third-order valence-electron chi connectivity index (χ3n) is 6.54. The number of pyridine rings is 1. The largest absolute Gasteiger partial charge is 0.484 e. The number of aromatic amines is 1. The summed E-state index contributed by atoms with van der Waals surface area (Å²) in [5.74, 6) is 1.78. The Labute approximate surface area is 191 Å². The van der Waals surface area contributed by atoms with E-state index in [4.69, 9.17) is 4.74 Å². The Hall–Kier alpha value is -2.82. The van der Waals surface area contributed by atoms with E-state index >= 15 is 0 Å². The molecule has 2 heterocycles. The normalized spacial score (nSPS) is 14.8. The van der Waals surface area contributed by atoms with Gasteiger partial charge in [-0.2, -0.15) is 0 Å². The van der Waals surface area contributed by atoms with Gasteiger partial charge < -0.3 is 15.0 Å². The van der Waals surface area contributed by atoms with Crippen LogP contribution in [-0.4, -0.2) is 29.0 Å². The number of nitrogens with zero attached hydrogens (tertiary/aromatic N) is 1. The van der Waals surface area contributed by atoms with Gasteiger partial charge in [-0.25, -0.2) is 0 Å². The Bertz CT molecular complexity index is 1060. The van der Waals surface area contributed by atoms with Gasteiger partial charge in [0.2, 0.25) is 0 Å². The van der Waals surface area contributed by atoms with Crippen LogP contribution in [-0.2, 0) is 4.79 Å². The van der Waals surface area contributed by atoms with Gasteiger partial charge in [0.25, 0.3) is 5.91 Å². The van der Waals surface area contributed by atoms with Gasteiger partial charge in [0, 0.05) is 34.9 Å². The van der Waals surface area contributed by atoms with E-state index in [1.54, 1.807) is 0 Å². The molecule has 32 heavy (non-hydrogen) atoms. The van der Waals surface area contributed by atoms with Crippen molar-refractivity contribution in [1.29, 1.82) is 0 Å². The van der Waals surface area contributed by atoms with Crippen LogP contribution in [0.3, 0.4) is 0 Å². The monoisotopic (exact) mass is 433 g/mol. The fourth-order valence-corrected chi connectivity index (χ4v) is 4.90. The molecule has 1 amide bonds. The average molecular weight is 434 g/mol. The molecule has 5 nitrogen and oxygen atoms in total. The van der Waals surface area contributed by atoms with E-state index < -0.39 is 0 Å². The van der Waals surface area contributed by atoms with E-state index in [1.165, 1.54) is 37.7 Å². The Balaban J connectivity index is 1.42. The number of nitrogens with one attached hydrogen (secondary N) is 2. The highest BCUT2D eigenvalue weighted by molar-refractivity contribution is 5.92. The Morgan fingerprint density at radius 2 is 2.00 bits per heavy atom. The predicted molar refractivity (Wildman–Crippen MR) is 130 cm³/mol. The first kappa shape index (κ1) is 22.4. The highest BCUT2D eigenvalue weighted by atomic mass is 16.5. The molecular weight excluding hydrogens is 398 g/mol. The molecule has 1 saturated carbocycles. The second-order valence-corrected chi connectivity index (χ2v) is 9.39. The van der Waals surface area contributed by atoms with E-state index in [0.29, 0.717) is 5.92 Å². The summed E-state index contributed by atoms with van der Waals surface area (Å²) in [5.41, 5.74) is 5.58. The van der Waals surface area contributed by atoms with Crippen LogP contribution in [0.2, 0.25) is 0 Å². The lowest BCUT2D eigenvalue weighted by Crippen LogP contribution is -2.30. The van der Waals surface area contributed by atoms with E-state index in [9.17, 15) is 4.79 Å². The minimum atomic E-state index is -0.0491. The molecule has 1 aromatic carbocycles. The molecule has 0 aliphatic heterocycles. The molecule has 4 rings (SSSR count). The van der Waals surface area contributed by atoms with E-state index in [-0.39, 0.29) is 12.5 Å². The maximum absolute atomic E-state index is 12.3. The first-order chi connectivity index (χ1) is 15.5. The number of H-pyrrole nitrogens is 1. The van der Waals surface area contributed by atoms with Crippen LogP contribution in [0.4, 0.5) is 0 Å². The Morgan fingerprint density at radius 3 is 2.75 bits per heavy atom. The van der Waals surface area contributed by atoms with E-state index in [1.807, 2.05) is 37.4 Å². The third-order valence-corrected chi connectivity index (χ3v) is 6.54. The summed E-state index contributed by atoms with van der Waals surface area (Å²) in [7, 11) is 0. The Morgan fingerprint density at radius 1 is 1.19 bits per heavy atom. The molecule has 3 aromatic rings. The van der Waals surface area contributed by atoms with Crippen LogP contribution >= 0.6 is 0 Å². The topological polar surface area (TPSA) is 67.0 Å². The van der Waals surface area contributed by atoms with Crippen LogP contribution in [0, 0.1) is 12.8 Å². The maximum atomic E-state index is 12.3. The number of aryl methyl sites for hydroxylation is 1. The standard InChI is InChI=1S/C27H35N3O2/c1-18(2)26-23-16-22(32-17-25(31)29-13-11-20-7-5-4-6-8-20)9-10-24(23)30-27(26)21-12-14-28-19(3)15-21/h9-10,12,14-16,18,20,30H,4-8,11,13,17H2,1-3H3,(H,29,31). The van der Waals surface area contributed by atoms with E-state index in [0.717, 1.165) is 52.5 Å². The summed E-state index contributed by atoms with van der Waals surface area (Å²) in [6, 6.07) is 10.2. The van der Waals surface area contributed by atoms with Crippen LogP contribution in [0.25, 0.3) is 22.2 Å². The summed E-state index contributed by atoms with van der Waals surface area (Å²) in [6.45, 7) is 7.21. The second kappa shape index (κ2) is 10.2. The van der Waals surface area contributed by atoms with Crippen molar-refractivity contribution < 1.29 is 9.53 Å². The highest BCUT2D eigenvalue weighted by Crippen LogP contribution is 2.37. The van der Waals surface area contributed by atoms with Crippen molar-refractivity contribution in [2.75, 3.05) is 13.2 Å². The van der Waals surface area contributed by atoms with Crippen molar-refractivity contribution >= 4 is 16.8 Å². The zero-order chi connectivity index (χ0) is 22.5. The van der Waals surface area contributed by atoms with Gasteiger partial charge in [-0.3, -0.25) is 9.78 Å². The number of amides is 1. The summed E-state index contributed by atoms with van der Waals surface area (Å²) in [5, 5.41) is 4.16. The zero-order valence-corrected chi connectivity index (χ0v) is 19.5. The van der Waals surface area contributed by atoms with Crippen molar-refractivity contribution in [2.45, 2.75) is 65.2 Å². The molecule has 0 unspecified atom stereocenters. The number of hydrogen-bond acceptors (Lipinski definition) is 3. The summed E-state index contributed by atoms with van der Waals surface area (Å²) < 4.78 is 5.85. The highest BCUT2D eigenvalue weighted by Gasteiger charge is 2.17. The minimum Gasteiger partial charge on any atom is -0.484 e. The molecule has 0 bridgehead atoms. The summed E-state index contributed by atoms with van der Waals surface area (Å²) in [6.07, 6.45) is 9.58. The van der Waals surface area contributed by atoms with Gasteiger partial charge in [0.15, 0.2) is 6.61 Å². The molecule has 1 aliphatic carbocycles. The maximum Gasteiger partial charge on any atom is 0.257 e. The first-order valence-electron chi connectivity index (χ1n) is 12.0. The number of carbonyl (C=O) groups is 1. The van der Waals surface area contributed by atoms with Gasteiger partial charge in [0.1, 0.15) is 5.75 Å². The molecule has 0 spiro atoms. The van der Waals surface area contributed by atoms with Gasteiger partial charge in [0.05, 0.1) is 5.69 Å². The zero-order valence-electron chi connectivity index (χ0n) is 19.5. The molecule has 0 saturated heterocycles. The molecule has 0 radical (unpaired) electrons. The van der Waals surface area contributed by atoms with Crippen LogP contribution < -0.4 is 10.1 Å². The van der Waals surface area contributed by atoms with Crippen molar-refractivity contribution in [2.24, 2.45) is 5.92 Å². The van der Waals surface area contributed by atoms with Crippen LogP contribution in [0.15, 0.2) is 36.5 Å². The molecule has 2 aromatic heterocycles. The van der Waals surface area contributed by atoms with Crippen molar-refractivity contribution in [3.8, 4) is 17.0 Å². The molecule has 2 N–H and O–H groups in total. The lowest BCUT2D eigenvalue weighted by Gasteiger charge is -2.21.